The molecule has 1 aromatic carbocycles. The molecule has 0 unspecified atom stereocenters. The zero-order chi connectivity index (χ0) is 11.4. The molecule has 0 saturated heterocycles. The summed E-state index contributed by atoms with van der Waals surface area (Å²) < 4.78 is 0. The van der Waals surface area contributed by atoms with E-state index in [0.29, 0.717) is 5.56 Å². The Morgan fingerprint density at radius 3 is 2.88 bits per heavy atom. The van der Waals surface area contributed by atoms with Gasteiger partial charge in [-0.3, -0.25) is 4.98 Å². The number of aromatic nitrogens is 2. The molecule has 4 nitrogen and oxygen atoms in total. The van der Waals surface area contributed by atoms with Gasteiger partial charge in [0.15, 0.2) is 5.82 Å². The van der Waals surface area contributed by atoms with E-state index in [1.54, 1.807) is 24.7 Å². The molecule has 0 aliphatic rings. The van der Waals surface area contributed by atoms with Crippen molar-refractivity contribution < 1.29 is 0 Å². The summed E-state index contributed by atoms with van der Waals surface area (Å²) in [7, 11) is 1.89. The molecule has 16 heavy (non-hydrogen) atoms. The van der Waals surface area contributed by atoms with E-state index in [1.165, 1.54) is 0 Å². The highest BCUT2D eigenvalue weighted by molar-refractivity contribution is 5.60. The van der Waals surface area contributed by atoms with Gasteiger partial charge in [0.25, 0.3) is 0 Å². The van der Waals surface area contributed by atoms with Crippen molar-refractivity contribution in [3.63, 3.8) is 0 Å². The van der Waals surface area contributed by atoms with Crippen LogP contribution in [0.15, 0.2) is 42.9 Å². The Kier molecular flexibility index (Phi) is 2.79. The van der Waals surface area contributed by atoms with Gasteiger partial charge in [-0.15, -0.1) is 0 Å². The summed E-state index contributed by atoms with van der Waals surface area (Å²) >= 11 is 0. The maximum atomic E-state index is 8.82. The van der Waals surface area contributed by atoms with Crippen LogP contribution >= 0.6 is 0 Å². The molecular formula is C12H10N4. The third-order valence-corrected chi connectivity index (χ3v) is 2.26. The van der Waals surface area contributed by atoms with Gasteiger partial charge in [-0.25, -0.2) is 4.98 Å². The Hall–Kier alpha value is -2.41. The van der Waals surface area contributed by atoms with Crippen LogP contribution < -0.4 is 4.90 Å². The van der Waals surface area contributed by atoms with Crippen molar-refractivity contribution in [2.24, 2.45) is 0 Å². The highest BCUT2D eigenvalue weighted by Crippen LogP contribution is 2.20. The highest BCUT2D eigenvalue weighted by Gasteiger charge is 2.05. The van der Waals surface area contributed by atoms with Gasteiger partial charge in [0.05, 0.1) is 17.8 Å². The van der Waals surface area contributed by atoms with E-state index in [-0.39, 0.29) is 0 Å². The van der Waals surface area contributed by atoms with Crippen molar-refractivity contribution in [1.29, 1.82) is 5.26 Å². The first-order chi connectivity index (χ1) is 7.81. The Labute approximate surface area is 93.8 Å². The van der Waals surface area contributed by atoms with Gasteiger partial charge in [-0.2, -0.15) is 5.26 Å². The molecule has 0 amide bonds. The molecule has 1 aromatic heterocycles. The number of nitrogens with zero attached hydrogens (tertiary/aromatic N) is 4. The average Bonchev–Trinajstić information content (AvgIpc) is 2.39. The average molecular weight is 210 g/mol. The molecule has 2 rings (SSSR count). The van der Waals surface area contributed by atoms with Gasteiger partial charge in [-0.1, -0.05) is 6.07 Å². The molecule has 0 aliphatic carbocycles. The summed E-state index contributed by atoms with van der Waals surface area (Å²) in [5.41, 5.74) is 1.55. The molecule has 0 fully saturated rings. The molecule has 4 heteroatoms. The van der Waals surface area contributed by atoms with E-state index in [0.717, 1.165) is 11.5 Å². The zero-order valence-corrected chi connectivity index (χ0v) is 8.83. The molecule has 78 valence electrons. The third-order valence-electron chi connectivity index (χ3n) is 2.26. The van der Waals surface area contributed by atoms with E-state index >= 15 is 0 Å². The van der Waals surface area contributed by atoms with Crippen LogP contribution in [-0.4, -0.2) is 17.0 Å². The van der Waals surface area contributed by atoms with Crippen LogP contribution in [0.2, 0.25) is 0 Å². The normalized spacial score (nSPS) is 9.50. The fraction of sp³-hybridized carbons (Fsp3) is 0.0833. The summed E-state index contributed by atoms with van der Waals surface area (Å²) in [6, 6.07) is 9.47. The molecule has 0 saturated carbocycles. The largest absolute Gasteiger partial charge is 0.328 e. The van der Waals surface area contributed by atoms with Gasteiger partial charge < -0.3 is 4.90 Å². The monoisotopic (exact) mass is 210 g/mol. The molecule has 0 bridgehead atoms. The first-order valence-electron chi connectivity index (χ1n) is 4.81. The molecule has 1 heterocycles. The minimum atomic E-state index is 0.633. The summed E-state index contributed by atoms with van der Waals surface area (Å²) in [5.74, 6) is 0.748. The molecule has 0 atom stereocenters. The zero-order valence-electron chi connectivity index (χ0n) is 8.83. The second-order valence-corrected chi connectivity index (χ2v) is 3.28. The fourth-order valence-corrected chi connectivity index (χ4v) is 1.38. The SMILES string of the molecule is CN(c1cccc(C#N)c1)c1cnccn1. The smallest absolute Gasteiger partial charge is 0.151 e. The number of hydrogen-bond donors (Lipinski definition) is 0. The van der Waals surface area contributed by atoms with Crippen molar-refractivity contribution in [2.75, 3.05) is 11.9 Å². The lowest BCUT2D eigenvalue weighted by Gasteiger charge is -2.17. The molecule has 0 N–H and O–H groups in total. The minimum Gasteiger partial charge on any atom is -0.328 e. The Morgan fingerprint density at radius 2 is 2.19 bits per heavy atom. The third kappa shape index (κ3) is 1.98. The van der Waals surface area contributed by atoms with Crippen LogP contribution in [0.25, 0.3) is 0 Å². The van der Waals surface area contributed by atoms with Crippen LogP contribution in [-0.2, 0) is 0 Å². The van der Waals surface area contributed by atoms with Crippen LogP contribution in [0.1, 0.15) is 5.56 Å². The van der Waals surface area contributed by atoms with Crippen LogP contribution in [0.3, 0.4) is 0 Å². The predicted octanol–water partition coefficient (Wildman–Crippen LogP) is 2.12. The summed E-state index contributed by atoms with van der Waals surface area (Å²) in [4.78, 5) is 10.1. The number of rotatable bonds is 2. The lowest BCUT2D eigenvalue weighted by molar-refractivity contribution is 1.09. The molecule has 2 aromatic rings. The molecule has 0 spiro atoms. The van der Waals surface area contributed by atoms with Crippen molar-refractivity contribution in [3.8, 4) is 6.07 Å². The van der Waals surface area contributed by atoms with Crippen molar-refractivity contribution in [2.45, 2.75) is 0 Å². The van der Waals surface area contributed by atoms with Gasteiger partial charge in [0.2, 0.25) is 0 Å². The highest BCUT2D eigenvalue weighted by atomic mass is 15.2. The number of hydrogen-bond acceptors (Lipinski definition) is 4. The fourth-order valence-electron chi connectivity index (χ4n) is 1.38. The van der Waals surface area contributed by atoms with Crippen LogP contribution in [0.4, 0.5) is 11.5 Å². The Bertz CT molecular complexity index is 516. The molecule has 0 aliphatic heterocycles. The van der Waals surface area contributed by atoms with Gasteiger partial charge in [0, 0.05) is 25.1 Å². The van der Waals surface area contributed by atoms with E-state index in [9.17, 15) is 0 Å². The summed E-state index contributed by atoms with van der Waals surface area (Å²) in [5, 5.41) is 8.82. The van der Waals surface area contributed by atoms with Crippen LogP contribution in [0, 0.1) is 11.3 Å². The first-order valence-corrected chi connectivity index (χ1v) is 4.81. The quantitative estimate of drug-likeness (QED) is 0.761. The lowest BCUT2D eigenvalue weighted by atomic mass is 10.2. The van der Waals surface area contributed by atoms with Crippen molar-refractivity contribution in [3.05, 3.63) is 48.4 Å². The van der Waals surface area contributed by atoms with E-state index in [2.05, 4.69) is 16.0 Å². The van der Waals surface area contributed by atoms with Crippen molar-refractivity contribution in [1.82, 2.24) is 9.97 Å². The molecule has 0 radical (unpaired) electrons. The minimum absolute atomic E-state index is 0.633. The summed E-state index contributed by atoms with van der Waals surface area (Å²) in [6.45, 7) is 0. The Balaban J connectivity index is 2.35. The molecular weight excluding hydrogens is 200 g/mol. The van der Waals surface area contributed by atoms with Gasteiger partial charge in [0.1, 0.15) is 0 Å². The first kappa shape index (κ1) is 10.1. The summed E-state index contributed by atoms with van der Waals surface area (Å²) in [6.07, 6.45) is 4.95. The second-order valence-electron chi connectivity index (χ2n) is 3.28. The standard InChI is InChI=1S/C12H10N4/c1-16(12-9-14-5-6-15-12)11-4-2-3-10(7-11)8-13/h2-7,9H,1H3. The topological polar surface area (TPSA) is 52.8 Å². The maximum Gasteiger partial charge on any atom is 0.151 e. The van der Waals surface area contributed by atoms with Gasteiger partial charge in [-0.05, 0) is 18.2 Å². The van der Waals surface area contributed by atoms with Crippen LogP contribution in [0.5, 0.6) is 0 Å². The second kappa shape index (κ2) is 4.41. The lowest BCUT2D eigenvalue weighted by Crippen LogP contribution is -2.11. The van der Waals surface area contributed by atoms with E-state index < -0.39 is 0 Å². The number of nitriles is 1. The van der Waals surface area contributed by atoms with E-state index in [4.69, 9.17) is 5.26 Å². The van der Waals surface area contributed by atoms with E-state index in [1.807, 2.05) is 30.1 Å². The number of benzene rings is 1. The van der Waals surface area contributed by atoms with Gasteiger partial charge >= 0.3 is 0 Å². The van der Waals surface area contributed by atoms with Crippen molar-refractivity contribution >= 4 is 11.5 Å². The number of anilines is 2. The Morgan fingerprint density at radius 1 is 1.31 bits per heavy atom. The predicted molar refractivity (Wildman–Crippen MR) is 61.3 cm³/mol. The maximum absolute atomic E-state index is 8.82.